The van der Waals surface area contributed by atoms with Crippen LogP contribution in [-0.4, -0.2) is 49.6 Å². The maximum Gasteiger partial charge on any atom is 0.333 e. The molecule has 1 amide bonds. The summed E-state index contributed by atoms with van der Waals surface area (Å²) < 4.78 is 5.99. The Bertz CT molecular complexity index is 863. The molecule has 2 atom stereocenters. The fourth-order valence-electron chi connectivity index (χ4n) is 4.25. The zero-order valence-corrected chi connectivity index (χ0v) is 16.6. The molecule has 2 bridgehead atoms. The summed E-state index contributed by atoms with van der Waals surface area (Å²) in [6, 6.07) is 16.1. The van der Waals surface area contributed by atoms with Crippen molar-refractivity contribution in [3.05, 3.63) is 65.7 Å². The number of carbonyl (C=O) groups is 2. The van der Waals surface area contributed by atoms with Gasteiger partial charge in [-0.25, -0.2) is 4.79 Å². The molecule has 5 rings (SSSR count). The van der Waals surface area contributed by atoms with Crippen molar-refractivity contribution < 1.29 is 14.3 Å². The van der Waals surface area contributed by atoms with Gasteiger partial charge < -0.3 is 15.4 Å². The third-order valence-corrected chi connectivity index (χ3v) is 5.90. The van der Waals surface area contributed by atoms with Crippen LogP contribution >= 0.6 is 0 Å². The van der Waals surface area contributed by atoms with E-state index in [2.05, 4.69) is 15.5 Å². The number of fused-ring (bicyclic) bond motifs is 3. The smallest absolute Gasteiger partial charge is 0.333 e. The number of benzene rings is 2. The van der Waals surface area contributed by atoms with Gasteiger partial charge in [-0.05, 0) is 55.6 Å². The van der Waals surface area contributed by atoms with Crippen LogP contribution in [0.1, 0.15) is 34.8 Å². The fraction of sp³-hybridized carbons (Fsp3) is 0.391. The second kappa shape index (κ2) is 8.66. The van der Waals surface area contributed by atoms with E-state index in [4.69, 9.17) is 4.74 Å². The van der Waals surface area contributed by atoms with E-state index in [0.29, 0.717) is 17.2 Å². The molecular weight excluding hydrogens is 366 g/mol. The number of nitrogens with one attached hydrogen (secondary N) is 2. The number of anilines is 1. The van der Waals surface area contributed by atoms with Crippen LogP contribution in [0.4, 0.5) is 5.69 Å². The van der Waals surface area contributed by atoms with Crippen molar-refractivity contribution in [1.82, 2.24) is 10.2 Å². The first-order chi connectivity index (χ1) is 14.1. The number of nitrogens with zero attached hydrogens (tertiary/aromatic N) is 1. The molecule has 3 saturated heterocycles. The van der Waals surface area contributed by atoms with Crippen LogP contribution in [0.15, 0.2) is 54.6 Å². The van der Waals surface area contributed by atoms with Gasteiger partial charge in [-0.15, -0.1) is 0 Å². The summed E-state index contributed by atoms with van der Waals surface area (Å²) in [5.74, 6) is 0.0111. The molecule has 3 aliphatic heterocycles. The first kappa shape index (κ1) is 19.5. The molecule has 0 radical (unpaired) electrons. The summed E-state index contributed by atoms with van der Waals surface area (Å²) in [6.45, 7) is 3.03. The maximum atomic E-state index is 13.2. The summed E-state index contributed by atoms with van der Waals surface area (Å²) >= 11 is 0. The van der Waals surface area contributed by atoms with Crippen molar-refractivity contribution in [1.29, 1.82) is 0 Å². The molecule has 0 aliphatic carbocycles. The first-order valence-electron chi connectivity index (χ1n) is 10.2. The molecule has 2 unspecified atom stereocenters. The van der Waals surface area contributed by atoms with Crippen LogP contribution in [0, 0.1) is 5.92 Å². The van der Waals surface area contributed by atoms with E-state index in [1.54, 1.807) is 25.2 Å². The molecule has 3 fully saturated rings. The highest BCUT2D eigenvalue weighted by atomic mass is 16.5. The topological polar surface area (TPSA) is 70.7 Å². The minimum absolute atomic E-state index is 0.0461. The highest BCUT2D eigenvalue weighted by molar-refractivity contribution is 5.95. The molecule has 6 nitrogen and oxygen atoms in total. The van der Waals surface area contributed by atoms with Gasteiger partial charge in [-0.2, -0.15) is 0 Å². The number of amides is 1. The summed E-state index contributed by atoms with van der Waals surface area (Å²) in [4.78, 5) is 27.5. The van der Waals surface area contributed by atoms with Crippen molar-refractivity contribution in [2.24, 2.45) is 5.92 Å². The second-order valence-corrected chi connectivity index (χ2v) is 7.76. The number of rotatable bonds is 6. The van der Waals surface area contributed by atoms with Gasteiger partial charge in [0.05, 0.1) is 0 Å². The van der Waals surface area contributed by atoms with E-state index in [1.165, 1.54) is 0 Å². The van der Waals surface area contributed by atoms with Gasteiger partial charge >= 0.3 is 5.97 Å². The Hall–Kier alpha value is -2.86. The summed E-state index contributed by atoms with van der Waals surface area (Å²) in [7, 11) is 1.60. The van der Waals surface area contributed by atoms with Crippen LogP contribution in [-0.2, 0) is 9.53 Å². The second-order valence-electron chi connectivity index (χ2n) is 7.76. The first-order valence-corrected chi connectivity index (χ1v) is 10.2. The molecular formula is C23H27N3O3. The lowest BCUT2D eigenvalue weighted by atomic mass is 9.86. The van der Waals surface area contributed by atoms with E-state index >= 15 is 0 Å². The Kier molecular flexibility index (Phi) is 5.81. The molecule has 2 aromatic carbocycles. The maximum absolute atomic E-state index is 13.2. The lowest BCUT2D eigenvalue weighted by molar-refractivity contribution is -0.159. The Labute approximate surface area is 171 Å². The normalized spacial score (nSPS) is 23.8. The van der Waals surface area contributed by atoms with Crippen molar-refractivity contribution in [3.63, 3.8) is 0 Å². The molecule has 2 aromatic rings. The third kappa shape index (κ3) is 4.43. The zero-order valence-electron chi connectivity index (χ0n) is 16.6. The SMILES string of the molecule is CNC(=O)c1cccc(NC(C(=O)OC2CN3CCC2CC3)c2ccccc2)c1. The number of esters is 1. The van der Waals surface area contributed by atoms with Gasteiger partial charge in [0.15, 0.2) is 6.04 Å². The Morgan fingerprint density at radius 1 is 1.07 bits per heavy atom. The number of hydrogen-bond donors (Lipinski definition) is 2. The van der Waals surface area contributed by atoms with Gasteiger partial charge in [0.25, 0.3) is 5.91 Å². The molecule has 3 heterocycles. The summed E-state index contributed by atoms with van der Waals surface area (Å²) in [5.41, 5.74) is 2.07. The number of hydrogen-bond acceptors (Lipinski definition) is 5. The average Bonchev–Trinajstić information content (AvgIpc) is 2.78. The Balaban J connectivity index is 1.54. The monoisotopic (exact) mass is 393 g/mol. The van der Waals surface area contributed by atoms with Gasteiger partial charge in [-0.1, -0.05) is 36.4 Å². The molecule has 152 valence electrons. The fourth-order valence-corrected chi connectivity index (χ4v) is 4.25. The van der Waals surface area contributed by atoms with Crippen molar-refractivity contribution in [3.8, 4) is 0 Å². The summed E-state index contributed by atoms with van der Waals surface area (Å²) in [5, 5.41) is 5.90. The van der Waals surface area contributed by atoms with Gasteiger partial charge in [0, 0.05) is 24.8 Å². The highest BCUT2D eigenvalue weighted by Gasteiger charge is 2.37. The van der Waals surface area contributed by atoms with Crippen LogP contribution in [0.5, 0.6) is 0 Å². The van der Waals surface area contributed by atoms with E-state index in [1.807, 2.05) is 36.4 Å². The van der Waals surface area contributed by atoms with Gasteiger partial charge in [0.1, 0.15) is 6.10 Å². The Morgan fingerprint density at radius 2 is 1.83 bits per heavy atom. The minimum Gasteiger partial charge on any atom is -0.459 e. The molecule has 2 N–H and O–H groups in total. The standard InChI is InChI=1S/C23H27N3O3/c1-24-22(27)18-8-5-9-19(14-18)25-21(17-6-3-2-4-7-17)23(28)29-20-15-26-12-10-16(20)11-13-26/h2-9,14,16,20-21,25H,10-13,15H2,1H3,(H,24,27). The van der Waals surface area contributed by atoms with E-state index in [-0.39, 0.29) is 18.0 Å². The van der Waals surface area contributed by atoms with Crippen LogP contribution in [0.2, 0.25) is 0 Å². The predicted molar refractivity (Wildman–Crippen MR) is 112 cm³/mol. The van der Waals surface area contributed by atoms with Crippen LogP contribution in [0.3, 0.4) is 0 Å². The van der Waals surface area contributed by atoms with Crippen molar-refractivity contribution >= 4 is 17.6 Å². The molecule has 0 saturated carbocycles. The zero-order chi connectivity index (χ0) is 20.2. The largest absolute Gasteiger partial charge is 0.459 e. The molecule has 6 heteroatoms. The van der Waals surface area contributed by atoms with E-state index in [0.717, 1.165) is 38.0 Å². The predicted octanol–water partition coefficient (Wildman–Crippen LogP) is 2.84. The highest BCUT2D eigenvalue weighted by Crippen LogP contribution is 2.31. The Morgan fingerprint density at radius 3 is 2.48 bits per heavy atom. The average molecular weight is 393 g/mol. The van der Waals surface area contributed by atoms with Gasteiger partial charge in [0.2, 0.25) is 0 Å². The van der Waals surface area contributed by atoms with Gasteiger partial charge in [-0.3, -0.25) is 9.69 Å². The molecule has 0 aromatic heterocycles. The van der Waals surface area contributed by atoms with Crippen LogP contribution in [0.25, 0.3) is 0 Å². The molecule has 0 spiro atoms. The molecule has 3 aliphatic rings. The number of carbonyl (C=O) groups excluding carboxylic acids is 2. The third-order valence-electron chi connectivity index (χ3n) is 5.90. The number of piperidine rings is 3. The lowest BCUT2D eigenvalue weighted by Crippen LogP contribution is -2.52. The lowest BCUT2D eigenvalue weighted by Gasteiger charge is -2.44. The van der Waals surface area contributed by atoms with Crippen molar-refractivity contribution in [2.75, 3.05) is 32.0 Å². The van der Waals surface area contributed by atoms with Crippen LogP contribution < -0.4 is 10.6 Å². The van der Waals surface area contributed by atoms with E-state index < -0.39 is 6.04 Å². The number of ether oxygens (including phenoxy) is 1. The quantitative estimate of drug-likeness (QED) is 0.739. The minimum atomic E-state index is -0.633. The van der Waals surface area contributed by atoms with Crippen molar-refractivity contribution in [2.45, 2.75) is 25.0 Å². The van der Waals surface area contributed by atoms with E-state index in [9.17, 15) is 9.59 Å². The summed E-state index contributed by atoms with van der Waals surface area (Å²) in [6.07, 6.45) is 2.14. The molecule has 29 heavy (non-hydrogen) atoms.